The highest BCUT2D eigenvalue weighted by atomic mass is 28.3. The second kappa shape index (κ2) is 5.44. The van der Waals surface area contributed by atoms with E-state index in [-0.39, 0.29) is 0 Å². The van der Waals surface area contributed by atoms with Crippen molar-refractivity contribution < 1.29 is 0 Å². The second-order valence-electron chi connectivity index (χ2n) is 4.57. The average molecular weight is 197 g/mol. The molecule has 0 heterocycles. The van der Waals surface area contributed by atoms with Gasteiger partial charge in [0.15, 0.2) is 8.07 Å². The first-order valence-corrected chi connectivity index (χ1v) is 7.78. The van der Waals surface area contributed by atoms with E-state index in [1.807, 2.05) is 0 Å². The maximum atomic E-state index is 9.36. The van der Waals surface area contributed by atoms with Crippen LogP contribution in [0.25, 0.3) is 0 Å². The molecule has 2 heteroatoms. The molecular weight excluding hydrogens is 174 g/mol. The van der Waals surface area contributed by atoms with Crippen LogP contribution in [0.3, 0.4) is 0 Å². The van der Waals surface area contributed by atoms with Crippen molar-refractivity contribution in [3.8, 4) is 5.69 Å². The van der Waals surface area contributed by atoms with Crippen LogP contribution < -0.4 is 0 Å². The molecule has 0 fully saturated rings. The number of rotatable bonds is 5. The molecule has 0 saturated heterocycles. The molecule has 0 aliphatic rings. The number of hydrogen-bond acceptors (Lipinski definition) is 1. The molecule has 76 valence electrons. The lowest BCUT2D eigenvalue weighted by Gasteiger charge is -2.31. The summed E-state index contributed by atoms with van der Waals surface area (Å²) in [5.74, 6) is 0. The highest BCUT2D eigenvalue weighted by Gasteiger charge is 2.39. The third kappa shape index (κ3) is 2.84. The van der Waals surface area contributed by atoms with Crippen LogP contribution in [0.4, 0.5) is 0 Å². The first-order valence-electron chi connectivity index (χ1n) is 5.42. The highest BCUT2D eigenvalue weighted by molar-refractivity contribution is 6.89. The van der Waals surface area contributed by atoms with Crippen molar-refractivity contribution in [2.45, 2.75) is 64.6 Å². The molecule has 0 atom stereocenters. The lowest BCUT2D eigenvalue weighted by atomic mass is 10.4. The average Bonchev–Trinajstić information content (AvgIpc) is 2.05. The van der Waals surface area contributed by atoms with E-state index in [1.165, 1.54) is 18.9 Å². The normalized spacial score (nSPS) is 12.2. The smallest absolute Gasteiger partial charge is 0.178 e. The zero-order chi connectivity index (χ0) is 10.5. The zero-order valence-corrected chi connectivity index (χ0v) is 10.7. The Bertz CT molecular complexity index is 171. The first-order chi connectivity index (χ1) is 6.01. The summed E-state index contributed by atoms with van der Waals surface area (Å²) in [6.07, 6.45) is 2.45. The molecular formula is C11H23NSi. The van der Waals surface area contributed by atoms with Gasteiger partial charge in [-0.2, -0.15) is 0 Å². The van der Waals surface area contributed by atoms with Gasteiger partial charge in [0.1, 0.15) is 0 Å². The van der Waals surface area contributed by atoms with Crippen molar-refractivity contribution in [1.29, 1.82) is 5.26 Å². The maximum absolute atomic E-state index is 9.36. The first kappa shape index (κ1) is 12.7. The monoisotopic (exact) mass is 197 g/mol. The summed E-state index contributed by atoms with van der Waals surface area (Å²) in [5, 5.41) is 9.36. The summed E-state index contributed by atoms with van der Waals surface area (Å²) in [6, 6.07) is 1.19. The minimum Gasteiger partial charge on any atom is -0.207 e. The summed E-state index contributed by atoms with van der Waals surface area (Å²) < 4.78 is 0. The van der Waals surface area contributed by atoms with Gasteiger partial charge in [-0.25, -0.2) is 5.26 Å². The van der Waals surface area contributed by atoms with E-state index in [2.05, 4.69) is 40.3 Å². The lowest BCUT2D eigenvalue weighted by Crippen LogP contribution is -2.39. The fourth-order valence-corrected chi connectivity index (χ4v) is 6.08. The SMILES string of the molecule is CCCC[Si](C#N)(C(C)C)C(C)C. The zero-order valence-electron chi connectivity index (χ0n) is 9.72. The van der Waals surface area contributed by atoms with Crippen LogP contribution in [0.2, 0.25) is 17.1 Å². The van der Waals surface area contributed by atoms with Gasteiger partial charge in [-0.3, -0.25) is 0 Å². The van der Waals surface area contributed by atoms with E-state index in [9.17, 15) is 5.26 Å². The quantitative estimate of drug-likeness (QED) is 0.608. The molecule has 0 bridgehead atoms. The Morgan fingerprint density at radius 1 is 1.15 bits per heavy atom. The molecule has 0 aliphatic carbocycles. The molecule has 0 unspecified atom stereocenters. The van der Waals surface area contributed by atoms with Gasteiger partial charge < -0.3 is 0 Å². The summed E-state index contributed by atoms with van der Waals surface area (Å²) in [4.78, 5) is 0. The van der Waals surface area contributed by atoms with Gasteiger partial charge in [0.05, 0.1) is 0 Å². The van der Waals surface area contributed by atoms with Crippen molar-refractivity contribution in [3.63, 3.8) is 0 Å². The van der Waals surface area contributed by atoms with E-state index in [0.717, 1.165) is 0 Å². The topological polar surface area (TPSA) is 23.8 Å². The molecule has 0 aromatic heterocycles. The third-order valence-corrected chi connectivity index (χ3v) is 8.93. The van der Waals surface area contributed by atoms with Gasteiger partial charge >= 0.3 is 0 Å². The Labute approximate surface area is 84.2 Å². The summed E-state index contributed by atoms with van der Waals surface area (Å²) in [6.45, 7) is 11.1. The minimum atomic E-state index is -1.64. The van der Waals surface area contributed by atoms with E-state index >= 15 is 0 Å². The van der Waals surface area contributed by atoms with Gasteiger partial charge in [-0.1, -0.05) is 47.5 Å². The lowest BCUT2D eigenvalue weighted by molar-refractivity contribution is 0.815. The predicted molar refractivity (Wildman–Crippen MR) is 61.3 cm³/mol. The Morgan fingerprint density at radius 2 is 1.62 bits per heavy atom. The van der Waals surface area contributed by atoms with Crippen LogP contribution in [0.5, 0.6) is 0 Å². The Kier molecular flexibility index (Phi) is 5.32. The van der Waals surface area contributed by atoms with Crippen molar-refractivity contribution >= 4 is 8.07 Å². The molecule has 0 aromatic carbocycles. The highest BCUT2D eigenvalue weighted by Crippen LogP contribution is 2.36. The van der Waals surface area contributed by atoms with Crippen molar-refractivity contribution in [2.75, 3.05) is 0 Å². The number of nitriles is 1. The van der Waals surface area contributed by atoms with Gasteiger partial charge in [0.2, 0.25) is 0 Å². The Hall–Kier alpha value is -0.293. The molecule has 0 aliphatic heterocycles. The van der Waals surface area contributed by atoms with E-state index in [1.54, 1.807) is 0 Å². The number of hydrogen-bond donors (Lipinski definition) is 0. The molecule has 0 amide bonds. The fourth-order valence-electron chi connectivity index (χ4n) is 2.03. The largest absolute Gasteiger partial charge is 0.207 e. The number of nitrogens with zero attached hydrogens (tertiary/aromatic N) is 1. The fraction of sp³-hybridized carbons (Fsp3) is 0.909. The van der Waals surface area contributed by atoms with Gasteiger partial charge in [0.25, 0.3) is 0 Å². The second-order valence-corrected chi connectivity index (χ2v) is 9.68. The van der Waals surface area contributed by atoms with Crippen molar-refractivity contribution in [3.05, 3.63) is 0 Å². The molecule has 0 rings (SSSR count). The van der Waals surface area contributed by atoms with Crippen LogP contribution >= 0.6 is 0 Å². The van der Waals surface area contributed by atoms with Gasteiger partial charge in [-0.05, 0) is 17.1 Å². The van der Waals surface area contributed by atoms with Crippen molar-refractivity contribution in [1.82, 2.24) is 0 Å². The van der Waals surface area contributed by atoms with Crippen LogP contribution in [0, 0.1) is 11.0 Å². The summed E-state index contributed by atoms with van der Waals surface area (Å²) in [7, 11) is -1.64. The van der Waals surface area contributed by atoms with Crippen molar-refractivity contribution in [2.24, 2.45) is 0 Å². The van der Waals surface area contributed by atoms with Crippen LogP contribution in [0.15, 0.2) is 0 Å². The number of unbranched alkanes of at least 4 members (excludes halogenated alkanes) is 1. The van der Waals surface area contributed by atoms with Crippen LogP contribution in [-0.2, 0) is 0 Å². The maximum Gasteiger partial charge on any atom is 0.178 e. The Balaban J connectivity index is 4.58. The Morgan fingerprint density at radius 3 is 1.85 bits per heavy atom. The molecule has 0 saturated carbocycles. The van der Waals surface area contributed by atoms with Crippen LogP contribution in [0.1, 0.15) is 47.5 Å². The minimum absolute atomic E-state index is 0.601. The van der Waals surface area contributed by atoms with Gasteiger partial charge in [0, 0.05) is 5.69 Å². The van der Waals surface area contributed by atoms with E-state index in [4.69, 9.17) is 0 Å². The molecule has 0 spiro atoms. The molecule has 0 N–H and O–H groups in total. The van der Waals surface area contributed by atoms with E-state index in [0.29, 0.717) is 11.1 Å². The molecule has 1 nitrogen and oxygen atoms in total. The third-order valence-electron chi connectivity index (χ3n) is 3.21. The predicted octanol–water partition coefficient (Wildman–Crippen LogP) is 4.12. The molecule has 13 heavy (non-hydrogen) atoms. The standard InChI is InChI=1S/C11H23NSi/c1-6-7-8-13(9-12,10(2)3)11(4)5/h10-11H,6-8H2,1-5H3. The molecule has 0 radical (unpaired) electrons. The van der Waals surface area contributed by atoms with Gasteiger partial charge in [-0.15, -0.1) is 0 Å². The summed E-state index contributed by atoms with van der Waals surface area (Å²) in [5.41, 5.74) is 3.89. The van der Waals surface area contributed by atoms with E-state index < -0.39 is 8.07 Å². The van der Waals surface area contributed by atoms with Crippen LogP contribution in [-0.4, -0.2) is 8.07 Å². The molecule has 0 aromatic rings. The summed E-state index contributed by atoms with van der Waals surface area (Å²) >= 11 is 0.